The molecule has 3 N–H and O–H groups in total. The second-order valence-corrected chi connectivity index (χ2v) is 3.73. The Labute approximate surface area is 94.1 Å². The third kappa shape index (κ3) is 3.04. The van der Waals surface area contributed by atoms with Gasteiger partial charge in [-0.1, -0.05) is 0 Å². The number of nitrogens with zero attached hydrogens (tertiary/aromatic N) is 2. The van der Waals surface area contributed by atoms with Gasteiger partial charge in [0.2, 0.25) is 11.8 Å². The summed E-state index contributed by atoms with van der Waals surface area (Å²) in [4.78, 5) is 7.98. The number of anilines is 1. The first-order chi connectivity index (χ1) is 7.88. The standard InChI is InChI=1S/C10H16N4O2/c11-14-10-12-4-1-9(13-10)16-7-8-2-5-15-6-3-8/h1,4,8H,2-3,5-7,11H2,(H,12,13,14). The largest absolute Gasteiger partial charge is 0.477 e. The van der Waals surface area contributed by atoms with E-state index in [1.165, 1.54) is 0 Å². The van der Waals surface area contributed by atoms with E-state index in [9.17, 15) is 0 Å². The molecule has 6 heteroatoms. The van der Waals surface area contributed by atoms with Crippen molar-refractivity contribution >= 4 is 5.95 Å². The first kappa shape index (κ1) is 11.1. The predicted octanol–water partition coefficient (Wildman–Crippen LogP) is 0.568. The molecule has 2 heterocycles. The van der Waals surface area contributed by atoms with Crippen molar-refractivity contribution in [3.8, 4) is 5.88 Å². The molecule has 88 valence electrons. The summed E-state index contributed by atoms with van der Waals surface area (Å²) in [7, 11) is 0. The maximum Gasteiger partial charge on any atom is 0.240 e. The zero-order valence-electron chi connectivity index (χ0n) is 9.06. The number of rotatable bonds is 4. The zero-order chi connectivity index (χ0) is 11.2. The summed E-state index contributed by atoms with van der Waals surface area (Å²) >= 11 is 0. The van der Waals surface area contributed by atoms with E-state index in [1.807, 2.05) is 0 Å². The minimum atomic E-state index is 0.365. The smallest absolute Gasteiger partial charge is 0.240 e. The van der Waals surface area contributed by atoms with Crippen LogP contribution in [-0.4, -0.2) is 29.8 Å². The van der Waals surface area contributed by atoms with Crippen molar-refractivity contribution in [3.05, 3.63) is 12.3 Å². The van der Waals surface area contributed by atoms with Gasteiger partial charge in [0.05, 0.1) is 6.61 Å². The van der Waals surface area contributed by atoms with Gasteiger partial charge in [-0.3, -0.25) is 5.43 Å². The molecule has 1 aliphatic heterocycles. The molecule has 1 aromatic rings. The van der Waals surface area contributed by atoms with E-state index >= 15 is 0 Å². The summed E-state index contributed by atoms with van der Waals surface area (Å²) in [6.07, 6.45) is 3.71. The molecule has 1 fully saturated rings. The highest BCUT2D eigenvalue weighted by Gasteiger charge is 2.14. The Bertz CT molecular complexity index is 328. The van der Waals surface area contributed by atoms with E-state index in [4.69, 9.17) is 15.3 Å². The number of hydrogen-bond acceptors (Lipinski definition) is 6. The maximum absolute atomic E-state index is 5.59. The Hall–Kier alpha value is -1.40. The quantitative estimate of drug-likeness (QED) is 0.574. The van der Waals surface area contributed by atoms with Gasteiger partial charge >= 0.3 is 0 Å². The SMILES string of the molecule is NNc1nccc(OCC2CCOCC2)n1. The lowest BCUT2D eigenvalue weighted by Gasteiger charge is -2.21. The summed E-state index contributed by atoms with van der Waals surface area (Å²) in [5.41, 5.74) is 2.38. The second kappa shape index (κ2) is 5.62. The number of nitrogens with one attached hydrogen (secondary N) is 1. The van der Waals surface area contributed by atoms with Crippen LogP contribution < -0.4 is 16.0 Å². The highest BCUT2D eigenvalue weighted by Crippen LogP contribution is 2.16. The van der Waals surface area contributed by atoms with Crippen LogP contribution in [0.1, 0.15) is 12.8 Å². The van der Waals surface area contributed by atoms with Crippen molar-refractivity contribution in [3.63, 3.8) is 0 Å². The minimum Gasteiger partial charge on any atom is -0.477 e. The summed E-state index contributed by atoms with van der Waals surface area (Å²) in [5.74, 6) is 6.68. The Morgan fingerprint density at radius 1 is 1.50 bits per heavy atom. The summed E-state index contributed by atoms with van der Waals surface area (Å²) in [6.45, 7) is 2.32. The lowest BCUT2D eigenvalue weighted by Crippen LogP contribution is -2.21. The van der Waals surface area contributed by atoms with E-state index in [1.54, 1.807) is 12.3 Å². The van der Waals surface area contributed by atoms with Crippen molar-refractivity contribution in [2.24, 2.45) is 11.8 Å². The first-order valence-corrected chi connectivity index (χ1v) is 5.38. The van der Waals surface area contributed by atoms with Gasteiger partial charge in [-0.15, -0.1) is 0 Å². The molecule has 0 aliphatic carbocycles. The van der Waals surface area contributed by atoms with Crippen molar-refractivity contribution in [2.45, 2.75) is 12.8 Å². The molecule has 0 unspecified atom stereocenters. The maximum atomic E-state index is 5.59. The van der Waals surface area contributed by atoms with Crippen LogP contribution in [0.4, 0.5) is 5.95 Å². The number of hydrogen-bond donors (Lipinski definition) is 2. The highest BCUT2D eigenvalue weighted by atomic mass is 16.5. The van der Waals surface area contributed by atoms with E-state index in [0.717, 1.165) is 26.1 Å². The lowest BCUT2D eigenvalue weighted by atomic mass is 10.0. The number of aromatic nitrogens is 2. The summed E-state index contributed by atoms with van der Waals surface area (Å²) < 4.78 is 10.9. The number of nitrogens with two attached hydrogens (primary N) is 1. The molecule has 16 heavy (non-hydrogen) atoms. The van der Waals surface area contributed by atoms with Gasteiger partial charge in [0, 0.05) is 25.5 Å². The molecule has 1 saturated heterocycles. The van der Waals surface area contributed by atoms with Crippen LogP contribution in [0, 0.1) is 5.92 Å². The summed E-state index contributed by atoms with van der Waals surface area (Å²) in [6, 6.07) is 1.72. The van der Waals surface area contributed by atoms with Gasteiger partial charge in [0.25, 0.3) is 0 Å². The van der Waals surface area contributed by atoms with E-state index in [0.29, 0.717) is 24.4 Å². The minimum absolute atomic E-state index is 0.365. The molecule has 0 atom stereocenters. The van der Waals surface area contributed by atoms with Crippen LogP contribution in [0.3, 0.4) is 0 Å². The fourth-order valence-corrected chi connectivity index (χ4v) is 1.61. The lowest BCUT2D eigenvalue weighted by molar-refractivity contribution is 0.0490. The van der Waals surface area contributed by atoms with E-state index in [2.05, 4.69) is 15.4 Å². The van der Waals surface area contributed by atoms with Crippen molar-refractivity contribution in [1.82, 2.24) is 9.97 Å². The van der Waals surface area contributed by atoms with Gasteiger partial charge in [0.15, 0.2) is 0 Å². The molecule has 6 nitrogen and oxygen atoms in total. The molecule has 1 aromatic heterocycles. The van der Waals surface area contributed by atoms with Crippen molar-refractivity contribution < 1.29 is 9.47 Å². The zero-order valence-corrected chi connectivity index (χ0v) is 9.06. The molecule has 2 rings (SSSR count). The molecule has 0 amide bonds. The molecular weight excluding hydrogens is 208 g/mol. The first-order valence-electron chi connectivity index (χ1n) is 5.38. The Morgan fingerprint density at radius 2 is 2.31 bits per heavy atom. The molecular formula is C10H16N4O2. The third-order valence-electron chi connectivity index (χ3n) is 2.57. The highest BCUT2D eigenvalue weighted by molar-refractivity contribution is 5.25. The topological polar surface area (TPSA) is 82.3 Å². The molecule has 0 aromatic carbocycles. The van der Waals surface area contributed by atoms with Crippen molar-refractivity contribution in [2.75, 3.05) is 25.2 Å². The van der Waals surface area contributed by atoms with Crippen LogP contribution in [-0.2, 0) is 4.74 Å². The number of nitrogen functional groups attached to an aromatic ring is 1. The molecule has 0 saturated carbocycles. The van der Waals surface area contributed by atoms with Crippen LogP contribution in [0.25, 0.3) is 0 Å². The Morgan fingerprint density at radius 3 is 3.06 bits per heavy atom. The monoisotopic (exact) mass is 224 g/mol. The van der Waals surface area contributed by atoms with Crippen LogP contribution in [0.2, 0.25) is 0 Å². The average molecular weight is 224 g/mol. The fraction of sp³-hybridized carbons (Fsp3) is 0.600. The van der Waals surface area contributed by atoms with Crippen molar-refractivity contribution in [1.29, 1.82) is 0 Å². The Balaban J connectivity index is 1.83. The van der Waals surface area contributed by atoms with Gasteiger partial charge in [-0.05, 0) is 18.8 Å². The van der Waals surface area contributed by atoms with Gasteiger partial charge in [-0.2, -0.15) is 4.98 Å². The molecule has 1 aliphatic rings. The number of hydrazine groups is 1. The Kier molecular flexibility index (Phi) is 3.90. The normalized spacial score (nSPS) is 17.1. The van der Waals surface area contributed by atoms with Crippen LogP contribution >= 0.6 is 0 Å². The van der Waals surface area contributed by atoms with Crippen LogP contribution in [0.5, 0.6) is 5.88 Å². The van der Waals surface area contributed by atoms with Gasteiger partial charge in [0.1, 0.15) is 0 Å². The van der Waals surface area contributed by atoms with Crippen LogP contribution in [0.15, 0.2) is 12.3 Å². The molecule has 0 bridgehead atoms. The van der Waals surface area contributed by atoms with E-state index < -0.39 is 0 Å². The third-order valence-corrected chi connectivity index (χ3v) is 2.57. The van der Waals surface area contributed by atoms with Gasteiger partial charge < -0.3 is 9.47 Å². The van der Waals surface area contributed by atoms with E-state index in [-0.39, 0.29) is 0 Å². The molecule has 0 radical (unpaired) electrons. The predicted molar refractivity (Wildman–Crippen MR) is 58.9 cm³/mol. The number of ether oxygens (including phenoxy) is 2. The second-order valence-electron chi connectivity index (χ2n) is 3.73. The van der Waals surface area contributed by atoms with Gasteiger partial charge in [-0.25, -0.2) is 10.8 Å². The average Bonchev–Trinajstić information content (AvgIpc) is 2.38. The summed E-state index contributed by atoms with van der Waals surface area (Å²) in [5, 5.41) is 0. The molecule has 0 spiro atoms. The fourth-order valence-electron chi connectivity index (χ4n) is 1.61.